The standard InChI is InChI=1S/C26H24F3NO4.C14H16O3.C12H9ClF3NO/c1-4-6-20(15-24(31)32-5-2)18-9-13-22(14-10-18)33-16-23-17(3)34-25(30-23)19-7-11-21(12-8-19)26(27,28)29;1-3-5-12(10-14(16)17-4-2)11-6-8-13(15)9-7-11;1-7-10(6-13)17-11(18-7)8-2-4-9(5-3-8)12(14,15)16/h7-14,20H,5,15-16H2,1-3H3;6-9,12,15H,4,10H2,1-2H3;2-5H,6H2,1H3. The number of benzene rings is 4. The molecule has 4 aromatic carbocycles. The molecule has 2 aromatic heterocycles. The van der Waals surface area contributed by atoms with Crippen LogP contribution in [0.4, 0.5) is 26.3 Å². The van der Waals surface area contributed by atoms with Crippen molar-refractivity contribution in [1.29, 1.82) is 0 Å². The predicted octanol–water partition coefficient (Wildman–Crippen LogP) is 13.2. The number of rotatable bonds is 14. The Morgan fingerprint density at radius 3 is 1.39 bits per heavy atom. The van der Waals surface area contributed by atoms with Crippen molar-refractivity contribution >= 4 is 23.5 Å². The lowest BCUT2D eigenvalue weighted by molar-refractivity contribution is -0.144. The van der Waals surface area contributed by atoms with Gasteiger partial charge < -0.3 is 28.2 Å². The second-order valence-electron chi connectivity index (χ2n) is 14.7. The van der Waals surface area contributed by atoms with E-state index in [-0.39, 0.29) is 66.6 Å². The lowest BCUT2D eigenvalue weighted by Crippen LogP contribution is -2.09. The fourth-order valence-electron chi connectivity index (χ4n) is 6.25. The van der Waals surface area contributed by atoms with Gasteiger partial charge in [0.05, 0.1) is 60.6 Å². The van der Waals surface area contributed by atoms with E-state index in [0.717, 1.165) is 35.4 Å². The number of hydrogen-bond acceptors (Lipinski definition) is 10. The molecule has 10 nitrogen and oxygen atoms in total. The summed E-state index contributed by atoms with van der Waals surface area (Å²) in [4.78, 5) is 31.7. The molecule has 0 radical (unpaired) electrons. The Morgan fingerprint density at radius 1 is 0.638 bits per heavy atom. The van der Waals surface area contributed by atoms with Crippen molar-refractivity contribution in [2.75, 3.05) is 13.2 Å². The summed E-state index contributed by atoms with van der Waals surface area (Å²) in [7, 11) is 0. The van der Waals surface area contributed by atoms with Crippen LogP contribution < -0.4 is 4.74 Å². The number of phenols is 1. The number of carbonyl (C=O) groups excluding carboxylic acids is 2. The Morgan fingerprint density at radius 2 is 1.03 bits per heavy atom. The van der Waals surface area contributed by atoms with Crippen LogP contribution in [0, 0.1) is 37.5 Å². The van der Waals surface area contributed by atoms with Crippen molar-refractivity contribution in [2.24, 2.45) is 0 Å². The first-order chi connectivity index (χ1) is 32.8. The Bertz CT molecular complexity index is 2710. The number of oxazole rings is 2. The summed E-state index contributed by atoms with van der Waals surface area (Å²) in [5.74, 6) is 13.2. The molecule has 69 heavy (non-hydrogen) atoms. The molecule has 1 N–H and O–H groups in total. The summed E-state index contributed by atoms with van der Waals surface area (Å²) in [6, 6.07) is 23.2. The van der Waals surface area contributed by atoms with Crippen LogP contribution in [0.15, 0.2) is 106 Å². The van der Waals surface area contributed by atoms with Gasteiger partial charge in [0.15, 0.2) is 0 Å². The molecule has 0 aliphatic carbocycles. The van der Waals surface area contributed by atoms with E-state index < -0.39 is 23.5 Å². The number of alkyl halides is 7. The van der Waals surface area contributed by atoms with E-state index in [4.69, 9.17) is 34.6 Å². The fraction of sp³-hybridized carbons (Fsp3) is 0.308. The summed E-state index contributed by atoms with van der Waals surface area (Å²) in [6.07, 6.45) is -8.34. The molecule has 2 unspecified atom stereocenters. The molecule has 6 rings (SSSR count). The number of aromatic hydroxyl groups is 1. The van der Waals surface area contributed by atoms with Crippen LogP contribution in [0.5, 0.6) is 11.5 Å². The summed E-state index contributed by atoms with van der Waals surface area (Å²) < 4.78 is 102. The largest absolute Gasteiger partial charge is 0.508 e. The highest BCUT2D eigenvalue weighted by molar-refractivity contribution is 6.17. The van der Waals surface area contributed by atoms with Gasteiger partial charge in [-0.2, -0.15) is 26.3 Å². The Kier molecular flexibility index (Phi) is 20.4. The van der Waals surface area contributed by atoms with Crippen molar-refractivity contribution in [3.05, 3.63) is 142 Å². The van der Waals surface area contributed by atoms with Gasteiger partial charge in [-0.15, -0.1) is 23.4 Å². The zero-order valence-corrected chi connectivity index (χ0v) is 39.2. The minimum Gasteiger partial charge on any atom is -0.508 e. The molecule has 0 amide bonds. The number of ether oxygens (including phenoxy) is 3. The van der Waals surface area contributed by atoms with E-state index >= 15 is 0 Å². The van der Waals surface area contributed by atoms with Crippen molar-refractivity contribution in [2.45, 2.75) is 91.1 Å². The topological polar surface area (TPSA) is 134 Å². The Hall–Kier alpha value is -7.17. The molecule has 0 saturated carbocycles. The highest BCUT2D eigenvalue weighted by Crippen LogP contribution is 2.33. The van der Waals surface area contributed by atoms with Crippen LogP contribution in [0.2, 0.25) is 0 Å². The highest BCUT2D eigenvalue weighted by Gasteiger charge is 2.31. The minimum atomic E-state index is -4.40. The van der Waals surface area contributed by atoms with Crippen molar-refractivity contribution < 1.29 is 64.1 Å². The highest BCUT2D eigenvalue weighted by atomic mass is 35.5. The van der Waals surface area contributed by atoms with Crippen molar-refractivity contribution in [3.8, 4) is 58.1 Å². The van der Waals surface area contributed by atoms with E-state index in [2.05, 4.69) is 33.6 Å². The number of carbonyl (C=O) groups is 2. The van der Waals surface area contributed by atoms with Crippen molar-refractivity contribution in [1.82, 2.24) is 9.97 Å². The quantitative estimate of drug-likeness (QED) is 0.0486. The van der Waals surface area contributed by atoms with Gasteiger partial charge in [0.2, 0.25) is 11.8 Å². The molecule has 0 spiro atoms. The van der Waals surface area contributed by atoms with Gasteiger partial charge in [-0.05, 0) is 125 Å². The second-order valence-corrected chi connectivity index (χ2v) is 15.0. The second kappa shape index (κ2) is 25.8. The summed E-state index contributed by atoms with van der Waals surface area (Å²) in [5.41, 5.74) is 2.40. The van der Waals surface area contributed by atoms with E-state index in [1.165, 1.54) is 24.3 Å². The first-order valence-electron chi connectivity index (χ1n) is 21.3. The molecule has 17 heteroatoms. The molecule has 2 atom stereocenters. The van der Waals surface area contributed by atoms with Gasteiger partial charge in [0, 0.05) is 11.1 Å². The third-order valence-electron chi connectivity index (χ3n) is 9.77. The smallest absolute Gasteiger partial charge is 0.416 e. The molecular formula is C52H49ClF6N2O8. The summed E-state index contributed by atoms with van der Waals surface area (Å²) >= 11 is 5.65. The molecular weight excluding hydrogens is 930 g/mol. The van der Waals surface area contributed by atoms with E-state index in [9.17, 15) is 41.0 Å². The number of phenolic OH excluding ortho intramolecular Hbond substituents is 1. The van der Waals surface area contributed by atoms with E-state index in [1.54, 1.807) is 77.9 Å². The molecule has 0 aliphatic rings. The molecule has 2 heterocycles. The number of nitrogens with zero attached hydrogens (tertiary/aromatic N) is 2. The zero-order valence-electron chi connectivity index (χ0n) is 38.5. The number of aromatic nitrogens is 2. The predicted molar refractivity (Wildman–Crippen MR) is 247 cm³/mol. The molecule has 0 aliphatic heterocycles. The molecule has 364 valence electrons. The van der Waals surface area contributed by atoms with Gasteiger partial charge >= 0.3 is 24.3 Å². The Balaban J connectivity index is 0.000000249. The first-order valence-corrected chi connectivity index (χ1v) is 21.8. The number of halogens is 7. The summed E-state index contributed by atoms with van der Waals surface area (Å²) in [6.45, 7) is 11.2. The molecule has 0 bridgehead atoms. The number of hydrogen-bond donors (Lipinski definition) is 1. The van der Waals surface area contributed by atoms with Crippen molar-refractivity contribution in [3.63, 3.8) is 0 Å². The van der Waals surface area contributed by atoms with Gasteiger partial charge in [-0.25, -0.2) is 9.97 Å². The average Bonchev–Trinajstić information content (AvgIpc) is 3.89. The van der Waals surface area contributed by atoms with Gasteiger partial charge in [-0.1, -0.05) is 36.1 Å². The van der Waals surface area contributed by atoms with Gasteiger partial charge in [0.1, 0.15) is 35.3 Å². The van der Waals surface area contributed by atoms with Crippen LogP contribution in [0.3, 0.4) is 0 Å². The fourth-order valence-corrected chi connectivity index (χ4v) is 6.49. The van der Waals surface area contributed by atoms with Crippen LogP contribution in [-0.4, -0.2) is 40.2 Å². The zero-order chi connectivity index (χ0) is 50.7. The third kappa shape index (κ3) is 16.8. The molecule has 0 saturated heterocycles. The maximum absolute atomic E-state index is 12.8. The van der Waals surface area contributed by atoms with Crippen LogP contribution in [-0.2, 0) is 43.9 Å². The first kappa shape index (κ1) is 54.4. The lowest BCUT2D eigenvalue weighted by Gasteiger charge is -2.12. The normalized spacial score (nSPS) is 11.7. The van der Waals surface area contributed by atoms with Crippen LogP contribution in [0.1, 0.15) is 97.5 Å². The maximum Gasteiger partial charge on any atom is 0.416 e. The van der Waals surface area contributed by atoms with Gasteiger partial charge in [-0.3, -0.25) is 9.59 Å². The van der Waals surface area contributed by atoms with Crippen LogP contribution in [0.25, 0.3) is 22.9 Å². The number of aryl methyl sites for hydroxylation is 2. The Labute approximate surface area is 401 Å². The SMILES string of the molecule is CC#CC(CC(=O)OCC)c1ccc(O)cc1.CC#CC(CC(=O)OCC)c1ccc(OCc2nc(-c3ccc(C(F)(F)F)cc3)oc2C)cc1.Cc1oc(-c2ccc(C(F)(F)F)cc2)nc1CCl. The minimum absolute atomic E-state index is 0.121. The third-order valence-corrected chi connectivity index (χ3v) is 10.0. The maximum atomic E-state index is 12.8. The number of esters is 2. The molecule has 0 fully saturated rings. The van der Waals surface area contributed by atoms with Gasteiger partial charge in [0.25, 0.3) is 0 Å². The average molecular weight is 979 g/mol. The molecule has 6 aromatic rings. The van der Waals surface area contributed by atoms with Crippen LogP contribution >= 0.6 is 11.6 Å². The van der Waals surface area contributed by atoms with E-state index in [0.29, 0.717) is 53.0 Å². The summed E-state index contributed by atoms with van der Waals surface area (Å²) in [5, 5.41) is 9.21. The van der Waals surface area contributed by atoms with E-state index in [1.807, 2.05) is 12.1 Å². The monoisotopic (exact) mass is 978 g/mol. The lowest BCUT2D eigenvalue weighted by atomic mass is 9.96.